The molecule has 0 saturated heterocycles. The van der Waals surface area contributed by atoms with E-state index in [2.05, 4.69) is 139 Å². The van der Waals surface area contributed by atoms with Crippen LogP contribution in [0.2, 0.25) is 0 Å². The van der Waals surface area contributed by atoms with Gasteiger partial charge in [0.05, 0.1) is 5.71 Å². The third-order valence-electron chi connectivity index (χ3n) is 7.81. The van der Waals surface area contributed by atoms with Crippen molar-refractivity contribution in [3.05, 3.63) is 130 Å². The van der Waals surface area contributed by atoms with Crippen LogP contribution >= 0.6 is 8.58 Å². The molecule has 0 aliphatic carbocycles. The molecule has 0 heterocycles. The molecule has 41 heavy (non-hydrogen) atoms. The molecule has 4 aromatic carbocycles. The Balaban J connectivity index is 1.88. The number of aliphatic imine (C=N–C) groups is 1. The van der Waals surface area contributed by atoms with E-state index in [0.29, 0.717) is 15.2 Å². The van der Waals surface area contributed by atoms with Gasteiger partial charge in [0, 0.05) is 34.5 Å². The summed E-state index contributed by atoms with van der Waals surface area (Å²) in [5.41, 5.74) is 9.78. The van der Waals surface area contributed by atoms with Crippen LogP contribution in [0.1, 0.15) is 86.4 Å². The van der Waals surface area contributed by atoms with Gasteiger partial charge in [-0.15, -0.1) is 0 Å². The van der Waals surface area contributed by atoms with Gasteiger partial charge >= 0.3 is 0 Å². The van der Waals surface area contributed by atoms with Crippen molar-refractivity contribution in [2.45, 2.75) is 78.5 Å². The van der Waals surface area contributed by atoms with Crippen LogP contribution in [-0.2, 0) is 17.2 Å². The zero-order chi connectivity index (χ0) is 29.6. The second-order valence-electron chi connectivity index (χ2n) is 12.4. The highest BCUT2D eigenvalue weighted by atomic mass is 31.1. The second kappa shape index (κ2) is 13.2. The SMILES string of the molecule is CCCC(C)(Pc1c(C)cccc1C(=NC)c1ccccc1)c1cc(C)cc(C(C)(C)C)c1OCc1ccccc1. The Morgan fingerprint density at radius 2 is 1.44 bits per heavy atom. The first-order chi connectivity index (χ1) is 19.6. The first kappa shape index (κ1) is 30.7. The fourth-order valence-electron chi connectivity index (χ4n) is 5.70. The number of aryl methyl sites for hydroxylation is 2. The lowest BCUT2D eigenvalue weighted by Gasteiger charge is -2.36. The van der Waals surface area contributed by atoms with Crippen molar-refractivity contribution in [2.75, 3.05) is 7.05 Å². The van der Waals surface area contributed by atoms with E-state index in [0.717, 1.165) is 29.9 Å². The fraction of sp³-hybridized carbons (Fsp3) is 0.342. The third-order valence-corrected chi connectivity index (χ3v) is 9.80. The molecule has 0 radical (unpaired) electrons. The van der Waals surface area contributed by atoms with Crippen LogP contribution in [0.15, 0.2) is 96.0 Å². The maximum absolute atomic E-state index is 6.85. The number of hydrogen-bond donors (Lipinski definition) is 0. The second-order valence-corrected chi connectivity index (χ2v) is 14.2. The minimum Gasteiger partial charge on any atom is -0.488 e. The molecule has 0 amide bonds. The summed E-state index contributed by atoms with van der Waals surface area (Å²) in [6, 6.07) is 32.5. The summed E-state index contributed by atoms with van der Waals surface area (Å²) in [6.07, 6.45) is 2.16. The number of rotatable bonds is 10. The summed E-state index contributed by atoms with van der Waals surface area (Å²) in [5, 5.41) is 1.28. The van der Waals surface area contributed by atoms with Crippen molar-refractivity contribution >= 4 is 19.6 Å². The summed E-state index contributed by atoms with van der Waals surface area (Å²) in [5.74, 6) is 1.05. The van der Waals surface area contributed by atoms with E-state index in [1.807, 2.05) is 7.05 Å². The molecule has 0 aliphatic heterocycles. The Morgan fingerprint density at radius 3 is 2.05 bits per heavy atom. The quantitative estimate of drug-likeness (QED) is 0.139. The Kier molecular flexibility index (Phi) is 9.88. The number of hydrogen-bond acceptors (Lipinski definition) is 2. The first-order valence-electron chi connectivity index (χ1n) is 14.8. The maximum Gasteiger partial charge on any atom is 0.127 e. The molecule has 0 saturated carbocycles. The molecule has 0 aromatic heterocycles. The van der Waals surface area contributed by atoms with E-state index >= 15 is 0 Å². The summed E-state index contributed by atoms with van der Waals surface area (Å²) >= 11 is 0. The molecule has 2 unspecified atom stereocenters. The standard InChI is InChI=1S/C38H46NOP/c1-9-23-38(7,41-36-28(3)17-16-22-31(36)34(39-8)30-20-14-11-15-21-30)33-25-27(2)24-32(37(4,5)6)35(33)40-26-29-18-12-10-13-19-29/h10-22,24-25,41H,9,23,26H2,1-8H3. The van der Waals surface area contributed by atoms with Crippen molar-refractivity contribution < 1.29 is 4.74 Å². The topological polar surface area (TPSA) is 21.6 Å². The zero-order valence-electron chi connectivity index (χ0n) is 26.1. The van der Waals surface area contributed by atoms with Crippen LogP contribution in [0, 0.1) is 13.8 Å². The smallest absolute Gasteiger partial charge is 0.127 e. The van der Waals surface area contributed by atoms with E-state index in [1.54, 1.807) is 0 Å². The first-order valence-corrected chi connectivity index (χ1v) is 15.8. The molecule has 0 fully saturated rings. The summed E-state index contributed by atoms with van der Waals surface area (Å²) in [4.78, 5) is 4.82. The maximum atomic E-state index is 6.85. The predicted octanol–water partition coefficient (Wildman–Crippen LogP) is 9.67. The lowest BCUT2D eigenvalue weighted by atomic mass is 9.81. The predicted molar refractivity (Wildman–Crippen MR) is 180 cm³/mol. The van der Waals surface area contributed by atoms with Crippen LogP contribution in [0.4, 0.5) is 0 Å². The third kappa shape index (κ3) is 7.17. The molecule has 0 aliphatic rings. The van der Waals surface area contributed by atoms with Crippen molar-refractivity contribution in [1.29, 1.82) is 0 Å². The minimum atomic E-state index is -0.108. The molecule has 0 N–H and O–H groups in total. The molecule has 3 heteroatoms. The fourth-order valence-corrected chi connectivity index (χ4v) is 7.56. The monoisotopic (exact) mass is 563 g/mol. The number of nitrogens with zero attached hydrogens (tertiary/aromatic N) is 1. The highest BCUT2D eigenvalue weighted by molar-refractivity contribution is 7.49. The average molecular weight is 564 g/mol. The van der Waals surface area contributed by atoms with Crippen LogP contribution < -0.4 is 10.0 Å². The minimum absolute atomic E-state index is 0.0494. The van der Waals surface area contributed by atoms with Gasteiger partial charge < -0.3 is 4.74 Å². The molecule has 214 valence electrons. The molecule has 2 nitrogen and oxygen atoms in total. The summed E-state index contributed by atoms with van der Waals surface area (Å²) < 4.78 is 6.85. The lowest BCUT2D eigenvalue weighted by molar-refractivity contribution is 0.290. The van der Waals surface area contributed by atoms with Crippen molar-refractivity contribution in [3.63, 3.8) is 0 Å². The molecular formula is C38H46NOP. The van der Waals surface area contributed by atoms with Gasteiger partial charge in [0.25, 0.3) is 0 Å². The molecule has 4 rings (SSSR count). The van der Waals surface area contributed by atoms with Gasteiger partial charge in [-0.2, -0.15) is 0 Å². The van der Waals surface area contributed by atoms with Crippen LogP contribution in [-0.4, -0.2) is 12.8 Å². The van der Waals surface area contributed by atoms with Gasteiger partial charge in [-0.3, -0.25) is 4.99 Å². The zero-order valence-corrected chi connectivity index (χ0v) is 27.1. The van der Waals surface area contributed by atoms with Gasteiger partial charge in [-0.25, -0.2) is 0 Å². The Bertz CT molecular complexity index is 1480. The highest BCUT2D eigenvalue weighted by Crippen LogP contribution is 2.51. The van der Waals surface area contributed by atoms with Crippen LogP contribution in [0.3, 0.4) is 0 Å². The van der Waals surface area contributed by atoms with Crippen LogP contribution in [0.25, 0.3) is 0 Å². The highest BCUT2D eigenvalue weighted by Gasteiger charge is 2.35. The lowest BCUT2D eigenvalue weighted by Crippen LogP contribution is -2.26. The van der Waals surface area contributed by atoms with Crippen LogP contribution in [0.5, 0.6) is 5.75 Å². The largest absolute Gasteiger partial charge is 0.488 e. The van der Waals surface area contributed by atoms with Gasteiger partial charge in [0.2, 0.25) is 0 Å². The van der Waals surface area contributed by atoms with Gasteiger partial charge in [-0.05, 0) is 42.1 Å². The van der Waals surface area contributed by atoms with Crippen molar-refractivity contribution in [3.8, 4) is 5.75 Å². The van der Waals surface area contributed by atoms with Gasteiger partial charge in [-0.1, -0.05) is 146 Å². The van der Waals surface area contributed by atoms with Gasteiger partial charge in [0.15, 0.2) is 0 Å². The molecule has 0 bridgehead atoms. The van der Waals surface area contributed by atoms with E-state index in [1.165, 1.54) is 38.7 Å². The normalized spacial score (nSPS) is 13.9. The Hall–Kier alpha value is -3.22. The molecular weight excluding hydrogens is 517 g/mol. The van der Waals surface area contributed by atoms with Crippen molar-refractivity contribution in [1.82, 2.24) is 0 Å². The number of benzene rings is 4. The Morgan fingerprint density at radius 1 is 0.805 bits per heavy atom. The summed E-state index contributed by atoms with van der Waals surface area (Å²) in [6.45, 7) is 16.7. The van der Waals surface area contributed by atoms with Crippen molar-refractivity contribution in [2.24, 2.45) is 4.99 Å². The van der Waals surface area contributed by atoms with E-state index in [9.17, 15) is 0 Å². The molecule has 0 spiro atoms. The van der Waals surface area contributed by atoms with E-state index in [4.69, 9.17) is 9.73 Å². The molecule has 4 aromatic rings. The summed E-state index contributed by atoms with van der Waals surface area (Å²) in [7, 11) is 2.46. The Labute approximate surface area is 250 Å². The van der Waals surface area contributed by atoms with Gasteiger partial charge in [0.1, 0.15) is 12.4 Å². The average Bonchev–Trinajstić information content (AvgIpc) is 2.95. The number of ether oxygens (including phenoxy) is 1. The molecule has 2 atom stereocenters. The van der Waals surface area contributed by atoms with E-state index in [-0.39, 0.29) is 10.6 Å². The van der Waals surface area contributed by atoms with E-state index < -0.39 is 0 Å².